The molecule has 1 fully saturated rings. The topological polar surface area (TPSA) is 47.7 Å². The van der Waals surface area contributed by atoms with Crippen LogP contribution in [0.1, 0.15) is 43.8 Å². The van der Waals surface area contributed by atoms with E-state index in [0.717, 1.165) is 23.8 Å². The highest BCUT2D eigenvalue weighted by Crippen LogP contribution is 2.41. The molecule has 1 aliphatic heterocycles. The molecule has 1 unspecified atom stereocenters. The van der Waals surface area contributed by atoms with Gasteiger partial charge in [-0.25, -0.2) is 9.36 Å². The molecule has 1 aliphatic carbocycles. The Kier molecular flexibility index (Phi) is 2.37. The summed E-state index contributed by atoms with van der Waals surface area (Å²) in [6.07, 6.45) is 6.74. The average Bonchev–Trinajstić information content (AvgIpc) is 3.09. The van der Waals surface area contributed by atoms with E-state index in [1.165, 1.54) is 43.3 Å². The molecule has 4 rings (SSSR count). The number of hydrogen-bond acceptors (Lipinski definition) is 3. The summed E-state index contributed by atoms with van der Waals surface area (Å²) in [7, 11) is 1.99. The van der Waals surface area contributed by atoms with Crippen LogP contribution in [0.2, 0.25) is 0 Å². The molecular weight excluding hydrogens is 238 g/mol. The molecular formula is C14H21N5. The standard InChI is InChI=1S/C14H21N5/c1-9-12-13-15-8-7-11(10-5-3-4-6-10)19(13)17-14(12)18(2)16-9/h10-11,15H,3-8H2,1-2H3. The lowest BCUT2D eigenvalue weighted by molar-refractivity contribution is 0.291. The zero-order valence-electron chi connectivity index (χ0n) is 11.7. The lowest BCUT2D eigenvalue weighted by Crippen LogP contribution is -2.28. The predicted molar refractivity (Wildman–Crippen MR) is 75.3 cm³/mol. The van der Waals surface area contributed by atoms with Crippen LogP contribution in [-0.2, 0) is 7.05 Å². The number of hydrogen-bond donors (Lipinski definition) is 1. The van der Waals surface area contributed by atoms with E-state index in [4.69, 9.17) is 5.10 Å². The van der Waals surface area contributed by atoms with Crippen molar-refractivity contribution in [2.45, 2.75) is 45.1 Å². The van der Waals surface area contributed by atoms with E-state index in [1.807, 2.05) is 11.7 Å². The molecule has 2 aliphatic rings. The molecule has 0 bridgehead atoms. The summed E-state index contributed by atoms with van der Waals surface area (Å²) in [4.78, 5) is 0. The molecule has 0 radical (unpaired) electrons. The molecule has 1 atom stereocenters. The van der Waals surface area contributed by atoms with E-state index in [1.54, 1.807) is 0 Å². The van der Waals surface area contributed by atoms with Crippen LogP contribution in [0.25, 0.3) is 11.0 Å². The summed E-state index contributed by atoms with van der Waals surface area (Å²) in [6, 6.07) is 0.588. The van der Waals surface area contributed by atoms with Crippen LogP contribution in [0.3, 0.4) is 0 Å². The van der Waals surface area contributed by atoms with Crippen LogP contribution in [-0.4, -0.2) is 26.1 Å². The molecule has 0 spiro atoms. The first kappa shape index (κ1) is 11.3. The quantitative estimate of drug-likeness (QED) is 0.856. The van der Waals surface area contributed by atoms with Crippen LogP contribution in [0.15, 0.2) is 0 Å². The largest absolute Gasteiger partial charge is 0.370 e. The minimum absolute atomic E-state index is 0.588. The maximum absolute atomic E-state index is 4.85. The fourth-order valence-electron chi connectivity index (χ4n) is 3.95. The molecule has 2 aromatic rings. The van der Waals surface area contributed by atoms with Gasteiger partial charge in [0.15, 0.2) is 5.65 Å². The molecule has 19 heavy (non-hydrogen) atoms. The highest BCUT2D eigenvalue weighted by Gasteiger charge is 2.32. The van der Waals surface area contributed by atoms with Crippen molar-refractivity contribution >= 4 is 16.9 Å². The van der Waals surface area contributed by atoms with Crippen molar-refractivity contribution in [2.24, 2.45) is 13.0 Å². The normalized spacial score (nSPS) is 23.8. The minimum atomic E-state index is 0.588. The van der Waals surface area contributed by atoms with Gasteiger partial charge in [-0.3, -0.25) is 0 Å². The van der Waals surface area contributed by atoms with Gasteiger partial charge in [0.2, 0.25) is 0 Å². The number of aryl methyl sites for hydroxylation is 2. The van der Waals surface area contributed by atoms with Gasteiger partial charge in [0.1, 0.15) is 5.82 Å². The number of rotatable bonds is 1. The second-order valence-corrected chi connectivity index (χ2v) is 6.03. The first-order chi connectivity index (χ1) is 9.25. The second-order valence-electron chi connectivity index (χ2n) is 6.03. The van der Waals surface area contributed by atoms with Gasteiger partial charge in [-0.05, 0) is 32.1 Å². The van der Waals surface area contributed by atoms with Gasteiger partial charge in [0.05, 0.1) is 17.1 Å². The molecule has 1 saturated carbocycles. The van der Waals surface area contributed by atoms with E-state index >= 15 is 0 Å². The number of nitrogens with zero attached hydrogens (tertiary/aromatic N) is 4. The summed E-state index contributed by atoms with van der Waals surface area (Å²) in [5, 5.41) is 14.1. The van der Waals surface area contributed by atoms with Crippen molar-refractivity contribution < 1.29 is 0 Å². The van der Waals surface area contributed by atoms with Gasteiger partial charge < -0.3 is 5.32 Å². The summed E-state index contributed by atoms with van der Waals surface area (Å²) < 4.78 is 4.17. The highest BCUT2D eigenvalue weighted by molar-refractivity contribution is 5.90. The molecule has 0 saturated heterocycles. The van der Waals surface area contributed by atoms with E-state index in [9.17, 15) is 0 Å². The maximum Gasteiger partial charge on any atom is 0.182 e. The molecule has 5 heteroatoms. The lowest BCUT2D eigenvalue weighted by Gasteiger charge is -2.30. The fourth-order valence-corrected chi connectivity index (χ4v) is 3.95. The van der Waals surface area contributed by atoms with Crippen LogP contribution in [0.5, 0.6) is 0 Å². The van der Waals surface area contributed by atoms with Crippen molar-refractivity contribution in [2.75, 3.05) is 11.9 Å². The van der Waals surface area contributed by atoms with Gasteiger partial charge in [0, 0.05) is 13.6 Å². The number of anilines is 1. The summed E-state index contributed by atoms with van der Waals surface area (Å²) in [6.45, 7) is 3.14. The Morgan fingerprint density at radius 2 is 1.95 bits per heavy atom. The molecule has 3 heterocycles. The Hall–Kier alpha value is -1.52. The average molecular weight is 259 g/mol. The monoisotopic (exact) mass is 259 g/mol. The van der Waals surface area contributed by atoms with Gasteiger partial charge in [-0.2, -0.15) is 10.2 Å². The van der Waals surface area contributed by atoms with Crippen molar-refractivity contribution in [1.29, 1.82) is 0 Å². The molecule has 5 nitrogen and oxygen atoms in total. The van der Waals surface area contributed by atoms with Gasteiger partial charge in [0.25, 0.3) is 0 Å². The van der Waals surface area contributed by atoms with Gasteiger partial charge in [-0.1, -0.05) is 12.8 Å². The number of nitrogens with one attached hydrogen (secondary N) is 1. The molecule has 1 N–H and O–H groups in total. The van der Waals surface area contributed by atoms with E-state index < -0.39 is 0 Å². The molecule has 102 valence electrons. The summed E-state index contributed by atoms with van der Waals surface area (Å²) in [5.41, 5.74) is 2.10. The van der Waals surface area contributed by atoms with Crippen molar-refractivity contribution in [3.63, 3.8) is 0 Å². The fraction of sp³-hybridized carbons (Fsp3) is 0.714. The Morgan fingerprint density at radius 1 is 1.16 bits per heavy atom. The first-order valence-corrected chi connectivity index (χ1v) is 7.41. The van der Waals surface area contributed by atoms with Crippen molar-refractivity contribution in [1.82, 2.24) is 19.6 Å². The minimum Gasteiger partial charge on any atom is -0.370 e. The molecule has 2 aromatic heterocycles. The zero-order valence-corrected chi connectivity index (χ0v) is 11.7. The van der Waals surface area contributed by atoms with Gasteiger partial charge in [-0.15, -0.1) is 0 Å². The Morgan fingerprint density at radius 3 is 2.74 bits per heavy atom. The second kappa shape index (κ2) is 3.99. The molecule has 0 amide bonds. The third-order valence-electron chi connectivity index (χ3n) is 4.85. The predicted octanol–water partition coefficient (Wildman–Crippen LogP) is 2.63. The Bertz CT molecular complexity index is 617. The summed E-state index contributed by atoms with van der Waals surface area (Å²) >= 11 is 0. The van der Waals surface area contributed by atoms with Crippen LogP contribution in [0.4, 0.5) is 5.82 Å². The Balaban J connectivity index is 1.86. The Labute approximate surface area is 113 Å². The third-order valence-corrected chi connectivity index (χ3v) is 4.85. The van der Waals surface area contributed by atoms with Crippen LogP contribution >= 0.6 is 0 Å². The SMILES string of the molecule is Cc1nn(C)c2nn3c(c12)NCCC3C1CCCC1. The number of fused-ring (bicyclic) bond motifs is 3. The first-order valence-electron chi connectivity index (χ1n) is 7.41. The maximum atomic E-state index is 4.85. The summed E-state index contributed by atoms with van der Waals surface area (Å²) in [5.74, 6) is 2.02. The van der Waals surface area contributed by atoms with Gasteiger partial charge >= 0.3 is 0 Å². The highest BCUT2D eigenvalue weighted by atomic mass is 15.4. The molecule has 0 aromatic carbocycles. The number of aromatic nitrogens is 4. The smallest absolute Gasteiger partial charge is 0.182 e. The van der Waals surface area contributed by atoms with Crippen LogP contribution < -0.4 is 5.32 Å². The van der Waals surface area contributed by atoms with Crippen molar-refractivity contribution in [3.05, 3.63) is 5.69 Å². The van der Waals surface area contributed by atoms with E-state index in [2.05, 4.69) is 22.0 Å². The lowest BCUT2D eigenvalue weighted by atomic mass is 9.94. The third kappa shape index (κ3) is 1.53. The van der Waals surface area contributed by atoms with E-state index in [-0.39, 0.29) is 0 Å². The van der Waals surface area contributed by atoms with E-state index in [0.29, 0.717) is 6.04 Å². The van der Waals surface area contributed by atoms with Crippen LogP contribution in [0, 0.1) is 12.8 Å². The van der Waals surface area contributed by atoms with Crippen molar-refractivity contribution in [3.8, 4) is 0 Å². The zero-order chi connectivity index (χ0) is 13.0.